The van der Waals surface area contributed by atoms with E-state index in [1.807, 2.05) is 49.4 Å². The molecule has 0 unspecified atom stereocenters. The molecule has 7 heteroatoms. The third-order valence-electron chi connectivity index (χ3n) is 6.00. The lowest BCUT2D eigenvalue weighted by atomic mass is 10.0. The number of fused-ring (bicyclic) bond motifs is 1. The third-order valence-corrected chi connectivity index (χ3v) is 6.00. The highest BCUT2D eigenvalue weighted by atomic mass is 19.3. The lowest BCUT2D eigenvalue weighted by Crippen LogP contribution is -2.30. The van der Waals surface area contributed by atoms with Crippen molar-refractivity contribution < 1.29 is 13.6 Å². The Morgan fingerprint density at radius 2 is 1.84 bits per heavy atom. The molecule has 32 heavy (non-hydrogen) atoms. The minimum absolute atomic E-state index is 0.0510. The number of likely N-dealkylation sites (tertiary alicyclic amines) is 1. The minimum Gasteiger partial charge on any atom is -0.331 e. The number of halogens is 2. The zero-order valence-electron chi connectivity index (χ0n) is 17.6. The first-order chi connectivity index (χ1) is 15.5. The van der Waals surface area contributed by atoms with Crippen LogP contribution in [0.5, 0.6) is 0 Å². The van der Waals surface area contributed by atoms with Crippen LogP contribution >= 0.6 is 0 Å². The Balaban J connectivity index is 1.58. The maximum Gasteiger partial charge on any atom is 0.280 e. The molecule has 0 bridgehead atoms. The van der Waals surface area contributed by atoms with Crippen molar-refractivity contribution in [3.63, 3.8) is 0 Å². The van der Waals surface area contributed by atoms with E-state index in [-0.39, 0.29) is 28.9 Å². The summed E-state index contributed by atoms with van der Waals surface area (Å²) < 4.78 is 28.8. The van der Waals surface area contributed by atoms with Gasteiger partial charge in [0.25, 0.3) is 12.3 Å². The molecular formula is C25H22F2N4O. The van der Waals surface area contributed by atoms with Gasteiger partial charge in [-0.25, -0.2) is 18.3 Å². The van der Waals surface area contributed by atoms with Crippen LogP contribution in [0.1, 0.15) is 52.5 Å². The van der Waals surface area contributed by atoms with Crippen LogP contribution < -0.4 is 0 Å². The lowest BCUT2D eigenvalue weighted by Gasteiger charge is -2.25. The lowest BCUT2D eigenvalue weighted by molar-refractivity contribution is 0.0737. The second-order valence-electron chi connectivity index (χ2n) is 8.09. The van der Waals surface area contributed by atoms with Crippen LogP contribution in [0.4, 0.5) is 8.78 Å². The molecule has 2 aromatic heterocycles. The Hall–Kier alpha value is -3.61. The number of rotatable bonds is 4. The van der Waals surface area contributed by atoms with Crippen LogP contribution in [0, 0.1) is 6.92 Å². The van der Waals surface area contributed by atoms with E-state index in [0.29, 0.717) is 17.8 Å². The van der Waals surface area contributed by atoms with E-state index in [0.717, 1.165) is 28.5 Å². The summed E-state index contributed by atoms with van der Waals surface area (Å²) in [5, 5.41) is 4.10. The van der Waals surface area contributed by atoms with Crippen LogP contribution in [0.25, 0.3) is 16.9 Å². The Morgan fingerprint density at radius 1 is 1.09 bits per heavy atom. The predicted octanol–water partition coefficient (Wildman–Crippen LogP) is 5.62. The van der Waals surface area contributed by atoms with E-state index in [1.165, 1.54) is 12.3 Å². The molecule has 1 saturated heterocycles. The van der Waals surface area contributed by atoms with Gasteiger partial charge >= 0.3 is 0 Å². The standard InChI is InChI=1S/C25H22F2N4O/c1-16-9-11-18(12-10-16)21-8-5-13-30(21)25(32)19-15-28-31-22(23(26)27)14-20(29-24(19)31)17-6-3-2-4-7-17/h2-4,6-7,9-12,14-15,21,23H,5,8,13H2,1H3/t21-/m1/s1. The smallest absolute Gasteiger partial charge is 0.280 e. The molecule has 1 fully saturated rings. The molecule has 1 amide bonds. The number of hydrogen-bond donors (Lipinski definition) is 0. The Labute approximate surface area is 184 Å². The summed E-state index contributed by atoms with van der Waals surface area (Å²) in [6, 6.07) is 18.5. The van der Waals surface area contributed by atoms with Gasteiger partial charge in [0.2, 0.25) is 0 Å². The van der Waals surface area contributed by atoms with Crippen LogP contribution in [-0.4, -0.2) is 31.9 Å². The molecule has 0 radical (unpaired) electrons. The monoisotopic (exact) mass is 432 g/mol. The van der Waals surface area contributed by atoms with Crippen molar-refractivity contribution in [1.82, 2.24) is 19.5 Å². The van der Waals surface area contributed by atoms with Gasteiger partial charge in [0, 0.05) is 12.1 Å². The maximum atomic E-state index is 13.8. The first kappa shape index (κ1) is 20.3. The molecule has 1 aliphatic heterocycles. The number of carbonyl (C=O) groups is 1. The van der Waals surface area contributed by atoms with Gasteiger partial charge in [0.1, 0.15) is 11.3 Å². The topological polar surface area (TPSA) is 50.5 Å². The zero-order valence-corrected chi connectivity index (χ0v) is 17.6. The molecule has 3 heterocycles. The van der Waals surface area contributed by atoms with E-state index in [9.17, 15) is 13.6 Å². The second kappa shape index (κ2) is 8.15. The number of nitrogens with zero attached hydrogens (tertiary/aromatic N) is 4. The molecule has 4 aromatic rings. The van der Waals surface area contributed by atoms with Crippen molar-refractivity contribution in [1.29, 1.82) is 0 Å². The Kier molecular flexibility index (Phi) is 5.17. The van der Waals surface area contributed by atoms with E-state index in [1.54, 1.807) is 17.0 Å². The van der Waals surface area contributed by atoms with E-state index >= 15 is 0 Å². The Morgan fingerprint density at radius 3 is 2.56 bits per heavy atom. The molecular weight excluding hydrogens is 410 g/mol. The molecule has 5 nitrogen and oxygen atoms in total. The molecule has 0 N–H and O–H groups in total. The number of carbonyl (C=O) groups excluding carboxylic acids is 1. The average Bonchev–Trinajstić information content (AvgIpc) is 3.46. The molecule has 0 spiro atoms. The normalized spacial score (nSPS) is 16.2. The van der Waals surface area contributed by atoms with Gasteiger partial charge < -0.3 is 4.90 Å². The van der Waals surface area contributed by atoms with Crippen molar-refractivity contribution in [3.05, 3.63) is 89.2 Å². The summed E-state index contributed by atoms with van der Waals surface area (Å²) in [7, 11) is 0. The van der Waals surface area contributed by atoms with Crippen LogP contribution in [-0.2, 0) is 0 Å². The van der Waals surface area contributed by atoms with Gasteiger partial charge in [0.05, 0.1) is 17.9 Å². The number of aryl methyl sites for hydroxylation is 1. The highest BCUT2D eigenvalue weighted by Crippen LogP contribution is 2.34. The van der Waals surface area contributed by atoms with Crippen molar-refractivity contribution in [2.75, 3.05) is 6.54 Å². The molecule has 162 valence electrons. The fraction of sp³-hybridized carbons (Fsp3) is 0.240. The second-order valence-corrected chi connectivity index (χ2v) is 8.09. The number of benzene rings is 2. The van der Waals surface area contributed by atoms with Gasteiger partial charge in [-0.05, 0) is 31.4 Å². The van der Waals surface area contributed by atoms with E-state index < -0.39 is 6.43 Å². The van der Waals surface area contributed by atoms with E-state index in [4.69, 9.17) is 0 Å². The quantitative estimate of drug-likeness (QED) is 0.421. The van der Waals surface area contributed by atoms with Gasteiger partial charge in [-0.1, -0.05) is 60.2 Å². The van der Waals surface area contributed by atoms with Crippen LogP contribution in [0.15, 0.2) is 66.9 Å². The molecule has 5 rings (SSSR count). The molecule has 0 saturated carbocycles. The van der Waals surface area contributed by atoms with Gasteiger partial charge in [-0.2, -0.15) is 5.10 Å². The maximum absolute atomic E-state index is 13.8. The zero-order chi connectivity index (χ0) is 22.2. The SMILES string of the molecule is Cc1ccc([C@H]2CCCN2C(=O)c2cnn3c(C(F)F)cc(-c4ccccc4)nc23)cc1. The summed E-state index contributed by atoms with van der Waals surface area (Å²) in [5.41, 5.74) is 3.43. The molecule has 1 aliphatic rings. The largest absolute Gasteiger partial charge is 0.331 e. The Bertz CT molecular complexity index is 1270. The first-order valence-electron chi connectivity index (χ1n) is 10.6. The van der Waals surface area contributed by atoms with Crippen LogP contribution in [0.3, 0.4) is 0 Å². The van der Waals surface area contributed by atoms with Gasteiger partial charge in [-0.3, -0.25) is 4.79 Å². The summed E-state index contributed by atoms with van der Waals surface area (Å²) in [5.74, 6) is -0.235. The summed E-state index contributed by atoms with van der Waals surface area (Å²) >= 11 is 0. The third kappa shape index (κ3) is 3.53. The number of amides is 1. The minimum atomic E-state index is -2.75. The van der Waals surface area contributed by atoms with Gasteiger partial charge in [-0.15, -0.1) is 0 Å². The van der Waals surface area contributed by atoms with Crippen molar-refractivity contribution in [2.45, 2.75) is 32.2 Å². The van der Waals surface area contributed by atoms with Gasteiger partial charge in [0.15, 0.2) is 5.65 Å². The summed E-state index contributed by atoms with van der Waals surface area (Å²) in [6.45, 7) is 2.63. The molecule has 2 aromatic carbocycles. The van der Waals surface area contributed by atoms with Crippen LogP contribution in [0.2, 0.25) is 0 Å². The summed E-state index contributed by atoms with van der Waals surface area (Å²) in [6.07, 6.45) is 0.349. The average molecular weight is 432 g/mol. The van der Waals surface area contributed by atoms with Crippen molar-refractivity contribution in [3.8, 4) is 11.3 Å². The highest BCUT2D eigenvalue weighted by molar-refractivity contribution is 6.00. The van der Waals surface area contributed by atoms with Crippen molar-refractivity contribution >= 4 is 11.6 Å². The molecule has 1 atom stereocenters. The number of aromatic nitrogens is 3. The number of alkyl halides is 2. The molecule has 0 aliphatic carbocycles. The van der Waals surface area contributed by atoms with Crippen molar-refractivity contribution in [2.24, 2.45) is 0 Å². The summed E-state index contributed by atoms with van der Waals surface area (Å²) in [4.78, 5) is 19.9. The van der Waals surface area contributed by atoms with E-state index in [2.05, 4.69) is 10.1 Å². The number of hydrogen-bond acceptors (Lipinski definition) is 3. The fourth-order valence-corrected chi connectivity index (χ4v) is 4.35. The predicted molar refractivity (Wildman–Crippen MR) is 118 cm³/mol. The first-order valence-corrected chi connectivity index (χ1v) is 10.6. The fourth-order valence-electron chi connectivity index (χ4n) is 4.35. The highest BCUT2D eigenvalue weighted by Gasteiger charge is 2.33.